The lowest BCUT2D eigenvalue weighted by Crippen LogP contribution is -2.51. The minimum absolute atomic E-state index is 0.0263. The van der Waals surface area contributed by atoms with Gasteiger partial charge in [0.05, 0.1) is 6.07 Å². The van der Waals surface area contributed by atoms with Gasteiger partial charge in [-0.1, -0.05) is 13.8 Å². The molecule has 3 nitrogen and oxygen atoms in total. The van der Waals surface area contributed by atoms with E-state index in [0.717, 1.165) is 18.8 Å². The van der Waals surface area contributed by atoms with E-state index in [1.807, 2.05) is 30.5 Å². The molecule has 0 N–H and O–H groups in total. The van der Waals surface area contributed by atoms with Crippen LogP contribution < -0.4 is 0 Å². The molecule has 1 amide bonds. The van der Waals surface area contributed by atoms with Gasteiger partial charge in [-0.25, -0.2) is 0 Å². The van der Waals surface area contributed by atoms with Gasteiger partial charge in [0.2, 0.25) is 5.91 Å². The molecule has 0 radical (unpaired) electrons. The van der Waals surface area contributed by atoms with E-state index < -0.39 is 5.41 Å². The van der Waals surface area contributed by atoms with Gasteiger partial charge < -0.3 is 4.90 Å². The van der Waals surface area contributed by atoms with Crippen LogP contribution in [0.25, 0.3) is 0 Å². The number of amides is 1. The third kappa shape index (κ3) is 2.95. The molecule has 0 aliphatic carbocycles. The fraction of sp³-hybridized carbons (Fsp3) is 0.846. The maximum atomic E-state index is 12.5. The summed E-state index contributed by atoms with van der Waals surface area (Å²) in [6.07, 6.45) is 1.20. The van der Waals surface area contributed by atoms with E-state index in [-0.39, 0.29) is 10.7 Å². The standard InChI is InChI=1S/C13H22N2OS/c1-5-13(6-2,9-14)11(16)15-7-8-17-12(3,4)10-15/h5-8,10H2,1-4H3. The Balaban J connectivity index is 2.86. The first-order valence-electron chi connectivity index (χ1n) is 6.25. The van der Waals surface area contributed by atoms with Crippen molar-refractivity contribution in [2.45, 2.75) is 45.3 Å². The lowest BCUT2D eigenvalue weighted by atomic mass is 9.82. The average Bonchev–Trinajstić information content (AvgIpc) is 2.30. The summed E-state index contributed by atoms with van der Waals surface area (Å²) < 4.78 is 0.108. The van der Waals surface area contributed by atoms with E-state index in [1.54, 1.807) is 0 Å². The van der Waals surface area contributed by atoms with E-state index in [2.05, 4.69) is 19.9 Å². The van der Waals surface area contributed by atoms with Gasteiger partial charge in [-0.3, -0.25) is 4.79 Å². The minimum Gasteiger partial charge on any atom is -0.339 e. The summed E-state index contributed by atoms with van der Waals surface area (Å²) in [6, 6.07) is 2.24. The van der Waals surface area contributed by atoms with Gasteiger partial charge in [-0.2, -0.15) is 17.0 Å². The monoisotopic (exact) mass is 254 g/mol. The van der Waals surface area contributed by atoms with Gasteiger partial charge in [0, 0.05) is 23.6 Å². The lowest BCUT2D eigenvalue weighted by Gasteiger charge is -2.40. The molecule has 0 aromatic carbocycles. The molecule has 0 bridgehead atoms. The summed E-state index contributed by atoms with van der Waals surface area (Å²) >= 11 is 1.90. The van der Waals surface area contributed by atoms with Crippen molar-refractivity contribution in [2.24, 2.45) is 5.41 Å². The van der Waals surface area contributed by atoms with Crippen molar-refractivity contribution >= 4 is 17.7 Å². The Bertz CT molecular complexity index is 329. The molecule has 0 atom stereocenters. The Labute approximate surface area is 109 Å². The second kappa shape index (κ2) is 5.30. The molecule has 0 saturated carbocycles. The van der Waals surface area contributed by atoms with Gasteiger partial charge >= 0.3 is 0 Å². The summed E-state index contributed by atoms with van der Waals surface area (Å²) in [7, 11) is 0. The van der Waals surface area contributed by atoms with E-state index >= 15 is 0 Å². The second-order valence-corrected chi connectivity index (χ2v) is 7.04. The third-order valence-corrected chi connectivity index (χ3v) is 4.84. The molecule has 96 valence electrons. The molecule has 0 aromatic heterocycles. The first-order chi connectivity index (χ1) is 7.90. The molecular formula is C13H22N2OS. The van der Waals surface area contributed by atoms with Crippen LogP contribution in [0.2, 0.25) is 0 Å². The summed E-state index contributed by atoms with van der Waals surface area (Å²) in [5.41, 5.74) is -0.807. The molecule has 17 heavy (non-hydrogen) atoms. The molecule has 0 aromatic rings. The predicted octanol–water partition coefficient (Wildman–Crippen LogP) is 2.67. The van der Waals surface area contributed by atoms with Crippen LogP contribution in [0.3, 0.4) is 0 Å². The number of hydrogen-bond donors (Lipinski definition) is 0. The van der Waals surface area contributed by atoms with Crippen LogP contribution in [0.1, 0.15) is 40.5 Å². The Morgan fingerprint density at radius 3 is 2.47 bits per heavy atom. The summed E-state index contributed by atoms with van der Waals surface area (Å²) in [5.74, 6) is 0.992. The van der Waals surface area contributed by atoms with E-state index in [4.69, 9.17) is 0 Å². The molecule has 0 unspecified atom stereocenters. The number of rotatable bonds is 3. The van der Waals surface area contributed by atoms with E-state index in [0.29, 0.717) is 12.8 Å². The Morgan fingerprint density at radius 2 is 2.06 bits per heavy atom. The van der Waals surface area contributed by atoms with Gasteiger partial charge in [0.25, 0.3) is 0 Å². The molecule has 4 heteroatoms. The third-order valence-electron chi connectivity index (χ3n) is 3.54. The van der Waals surface area contributed by atoms with Gasteiger partial charge in [0.1, 0.15) is 5.41 Å². The molecule has 0 spiro atoms. The minimum atomic E-state index is -0.807. The first-order valence-corrected chi connectivity index (χ1v) is 7.24. The SMILES string of the molecule is CCC(C#N)(CC)C(=O)N1CCSC(C)(C)C1. The topological polar surface area (TPSA) is 44.1 Å². The van der Waals surface area contributed by atoms with Crippen molar-refractivity contribution in [3.63, 3.8) is 0 Å². The highest BCUT2D eigenvalue weighted by Crippen LogP contribution is 2.34. The number of hydrogen-bond acceptors (Lipinski definition) is 3. The largest absolute Gasteiger partial charge is 0.339 e. The van der Waals surface area contributed by atoms with E-state index in [1.165, 1.54) is 0 Å². The van der Waals surface area contributed by atoms with Crippen LogP contribution in [0.5, 0.6) is 0 Å². The van der Waals surface area contributed by atoms with Crippen molar-refractivity contribution in [1.29, 1.82) is 5.26 Å². The number of nitrogens with zero attached hydrogens (tertiary/aromatic N) is 2. The maximum Gasteiger partial charge on any atom is 0.243 e. The average molecular weight is 254 g/mol. The van der Waals surface area contributed by atoms with Crippen molar-refractivity contribution in [2.75, 3.05) is 18.8 Å². The first kappa shape index (κ1) is 14.4. The van der Waals surface area contributed by atoms with Crippen LogP contribution in [0.4, 0.5) is 0 Å². The molecule has 1 rings (SSSR count). The van der Waals surface area contributed by atoms with Gasteiger partial charge in [0.15, 0.2) is 0 Å². The van der Waals surface area contributed by atoms with Crippen LogP contribution in [0.15, 0.2) is 0 Å². The molecule has 1 aliphatic heterocycles. The summed E-state index contributed by atoms with van der Waals surface area (Å²) in [5, 5.41) is 9.30. The maximum absolute atomic E-state index is 12.5. The Hall–Kier alpha value is -0.690. The van der Waals surface area contributed by atoms with Crippen molar-refractivity contribution in [3.8, 4) is 6.07 Å². The molecule has 1 saturated heterocycles. The molecular weight excluding hydrogens is 232 g/mol. The number of thioether (sulfide) groups is 1. The van der Waals surface area contributed by atoms with Crippen LogP contribution in [0, 0.1) is 16.7 Å². The zero-order valence-electron chi connectivity index (χ0n) is 11.2. The zero-order chi connectivity index (χ0) is 13.1. The fourth-order valence-electron chi connectivity index (χ4n) is 2.25. The Morgan fingerprint density at radius 1 is 1.47 bits per heavy atom. The quantitative estimate of drug-likeness (QED) is 0.777. The zero-order valence-corrected chi connectivity index (χ0v) is 12.1. The van der Waals surface area contributed by atoms with Crippen LogP contribution in [-0.2, 0) is 4.79 Å². The fourth-order valence-corrected chi connectivity index (χ4v) is 3.36. The van der Waals surface area contributed by atoms with Crippen LogP contribution >= 0.6 is 11.8 Å². The predicted molar refractivity (Wildman–Crippen MR) is 71.7 cm³/mol. The highest BCUT2D eigenvalue weighted by molar-refractivity contribution is 8.00. The number of nitriles is 1. The lowest BCUT2D eigenvalue weighted by molar-refractivity contribution is -0.139. The van der Waals surface area contributed by atoms with E-state index in [9.17, 15) is 10.1 Å². The number of carbonyl (C=O) groups excluding carboxylic acids is 1. The summed E-state index contributed by atoms with van der Waals surface area (Å²) in [4.78, 5) is 14.4. The van der Waals surface area contributed by atoms with Gasteiger partial charge in [-0.15, -0.1) is 0 Å². The molecule has 1 aliphatic rings. The molecule has 1 heterocycles. The Kier molecular flexibility index (Phi) is 4.48. The van der Waals surface area contributed by atoms with Crippen molar-refractivity contribution in [3.05, 3.63) is 0 Å². The molecule has 1 fully saturated rings. The van der Waals surface area contributed by atoms with Gasteiger partial charge in [-0.05, 0) is 26.7 Å². The summed E-state index contributed by atoms with van der Waals surface area (Å²) in [6.45, 7) is 9.69. The van der Waals surface area contributed by atoms with Crippen LogP contribution in [-0.4, -0.2) is 34.4 Å². The smallest absolute Gasteiger partial charge is 0.243 e. The van der Waals surface area contributed by atoms with Crippen molar-refractivity contribution < 1.29 is 4.79 Å². The highest BCUT2D eigenvalue weighted by atomic mass is 32.2. The second-order valence-electron chi connectivity index (χ2n) is 5.24. The highest BCUT2D eigenvalue weighted by Gasteiger charge is 2.41. The normalized spacial score (nSPS) is 19.8. The van der Waals surface area contributed by atoms with Crippen molar-refractivity contribution in [1.82, 2.24) is 4.90 Å². The number of carbonyl (C=O) groups is 1.